The van der Waals surface area contributed by atoms with Gasteiger partial charge in [-0.1, -0.05) is 6.92 Å². The molecule has 2 atom stereocenters. The van der Waals surface area contributed by atoms with E-state index in [9.17, 15) is 0 Å². The standard InChI is InChI=1S/C8H19NO2/c1-7(11-3)4-8(2,5-9)6-10/h7,10H,4-6,9H2,1-3H3. The zero-order valence-corrected chi connectivity index (χ0v) is 7.63. The summed E-state index contributed by atoms with van der Waals surface area (Å²) in [7, 11) is 1.67. The molecule has 0 radical (unpaired) electrons. The second-order valence-electron chi connectivity index (χ2n) is 3.42. The maximum atomic E-state index is 8.99. The van der Waals surface area contributed by atoms with Crippen LogP contribution in [0.15, 0.2) is 0 Å². The van der Waals surface area contributed by atoms with Crippen LogP contribution < -0.4 is 5.73 Å². The Labute approximate surface area is 68.5 Å². The molecule has 0 aliphatic carbocycles. The van der Waals surface area contributed by atoms with Gasteiger partial charge in [-0.3, -0.25) is 0 Å². The lowest BCUT2D eigenvalue weighted by Gasteiger charge is -2.27. The summed E-state index contributed by atoms with van der Waals surface area (Å²) in [6.07, 6.45) is 0.965. The Balaban J connectivity index is 3.86. The number of ether oxygens (including phenoxy) is 1. The summed E-state index contributed by atoms with van der Waals surface area (Å²) in [5, 5.41) is 8.99. The molecule has 0 aromatic rings. The average Bonchev–Trinajstić information content (AvgIpc) is 2.04. The molecule has 0 amide bonds. The number of methoxy groups -OCH3 is 1. The molecule has 3 N–H and O–H groups in total. The number of aliphatic hydroxyl groups is 1. The van der Waals surface area contributed by atoms with Crippen LogP contribution in [0.25, 0.3) is 0 Å². The number of aliphatic hydroxyl groups excluding tert-OH is 1. The van der Waals surface area contributed by atoms with Gasteiger partial charge in [-0.05, 0) is 19.9 Å². The quantitative estimate of drug-likeness (QED) is 0.612. The number of nitrogens with two attached hydrogens (primary N) is 1. The molecule has 68 valence electrons. The largest absolute Gasteiger partial charge is 0.396 e. The summed E-state index contributed by atoms with van der Waals surface area (Å²) < 4.78 is 5.08. The van der Waals surface area contributed by atoms with E-state index in [4.69, 9.17) is 15.6 Å². The highest BCUT2D eigenvalue weighted by atomic mass is 16.5. The summed E-state index contributed by atoms with van der Waals surface area (Å²) in [6, 6.07) is 0. The van der Waals surface area contributed by atoms with E-state index in [0.29, 0.717) is 6.54 Å². The predicted octanol–water partition coefficient (Wildman–Crippen LogP) is 0.369. The highest BCUT2D eigenvalue weighted by Gasteiger charge is 2.23. The van der Waals surface area contributed by atoms with Crippen molar-refractivity contribution in [1.29, 1.82) is 0 Å². The fraction of sp³-hybridized carbons (Fsp3) is 1.00. The van der Waals surface area contributed by atoms with Crippen molar-refractivity contribution in [2.75, 3.05) is 20.3 Å². The Morgan fingerprint density at radius 2 is 2.18 bits per heavy atom. The third-order valence-corrected chi connectivity index (χ3v) is 2.06. The van der Waals surface area contributed by atoms with Crippen LogP contribution in [0.5, 0.6) is 0 Å². The van der Waals surface area contributed by atoms with E-state index in [2.05, 4.69) is 0 Å². The maximum Gasteiger partial charge on any atom is 0.0549 e. The molecule has 0 fully saturated rings. The molecule has 2 unspecified atom stereocenters. The molecule has 0 rings (SSSR count). The van der Waals surface area contributed by atoms with Gasteiger partial charge in [0.2, 0.25) is 0 Å². The van der Waals surface area contributed by atoms with Gasteiger partial charge in [-0.25, -0.2) is 0 Å². The first kappa shape index (κ1) is 10.9. The third-order valence-electron chi connectivity index (χ3n) is 2.06. The van der Waals surface area contributed by atoms with Gasteiger partial charge in [0.25, 0.3) is 0 Å². The monoisotopic (exact) mass is 161 g/mol. The van der Waals surface area contributed by atoms with Crippen LogP contribution in [-0.4, -0.2) is 31.5 Å². The van der Waals surface area contributed by atoms with Gasteiger partial charge >= 0.3 is 0 Å². The van der Waals surface area contributed by atoms with E-state index >= 15 is 0 Å². The van der Waals surface area contributed by atoms with Crippen LogP contribution in [0.3, 0.4) is 0 Å². The molecule has 0 bridgehead atoms. The van der Waals surface area contributed by atoms with Gasteiger partial charge in [-0.15, -0.1) is 0 Å². The normalized spacial score (nSPS) is 19.4. The lowest BCUT2D eigenvalue weighted by atomic mass is 9.86. The van der Waals surface area contributed by atoms with Crippen molar-refractivity contribution in [2.45, 2.75) is 26.4 Å². The van der Waals surface area contributed by atoms with Crippen molar-refractivity contribution in [3.63, 3.8) is 0 Å². The van der Waals surface area contributed by atoms with Gasteiger partial charge < -0.3 is 15.6 Å². The smallest absolute Gasteiger partial charge is 0.0549 e. The number of hydrogen-bond donors (Lipinski definition) is 2. The van der Waals surface area contributed by atoms with Crippen molar-refractivity contribution in [2.24, 2.45) is 11.1 Å². The lowest BCUT2D eigenvalue weighted by molar-refractivity contribution is 0.0453. The zero-order chi connectivity index (χ0) is 8.91. The minimum atomic E-state index is -0.185. The van der Waals surface area contributed by atoms with Crippen LogP contribution in [0.2, 0.25) is 0 Å². The molecule has 3 nitrogen and oxygen atoms in total. The van der Waals surface area contributed by atoms with E-state index < -0.39 is 0 Å². The topological polar surface area (TPSA) is 55.5 Å². The first-order valence-electron chi connectivity index (χ1n) is 3.91. The lowest BCUT2D eigenvalue weighted by Crippen LogP contribution is -2.34. The van der Waals surface area contributed by atoms with Gasteiger partial charge in [0, 0.05) is 19.1 Å². The Kier molecular flexibility index (Phi) is 4.65. The van der Waals surface area contributed by atoms with E-state index in [0.717, 1.165) is 6.42 Å². The molecule has 0 saturated heterocycles. The fourth-order valence-corrected chi connectivity index (χ4v) is 0.990. The van der Waals surface area contributed by atoms with Crippen molar-refractivity contribution in [3.8, 4) is 0 Å². The average molecular weight is 161 g/mol. The molecule has 0 aliphatic heterocycles. The van der Waals surface area contributed by atoms with E-state index in [1.165, 1.54) is 0 Å². The fourth-order valence-electron chi connectivity index (χ4n) is 0.990. The first-order valence-corrected chi connectivity index (χ1v) is 3.91. The van der Waals surface area contributed by atoms with E-state index in [1.807, 2.05) is 13.8 Å². The highest BCUT2D eigenvalue weighted by molar-refractivity contribution is 4.76. The van der Waals surface area contributed by atoms with Crippen molar-refractivity contribution in [1.82, 2.24) is 0 Å². The van der Waals surface area contributed by atoms with Gasteiger partial charge in [0.1, 0.15) is 0 Å². The second-order valence-corrected chi connectivity index (χ2v) is 3.42. The van der Waals surface area contributed by atoms with E-state index in [-0.39, 0.29) is 18.1 Å². The molecule has 0 aromatic heterocycles. The van der Waals surface area contributed by atoms with Crippen molar-refractivity contribution < 1.29 is 9.84 Å². The maximum absolute atomic E-state index is 8.99. The third kappa shape index (κ3) is 3.70. The minimum absolute atomic E-state index is 0.122. The summed E-state index contributed by atoms with van der Waals surface area (Å²) in [5.74, 6) is 0. The molecular weight excluding hydrogens is 142 g/mol. The summed E-state index contributed by atoms with van der Waals surface area (Å²) in [6.45, 7) is 4.56. The highest BCUT2D eigenvalue weighted by Crippen LogP contribution is 2.21. The van der Waals surface area contributed by atoms with Gasteiger partial charge in [0.15, 0.2) is 0 Å². The summed E-state index contributed by atoms with van der Waals surface area (Å²) in [5.41, 5.74) is 5.32. The zero-order valence-electron chi connectivity index (χ0n) is 7.63. The first-order chi connectivity index (χ1) is 5.08. The van der Waals surface area contributed by atoms with E-state index in [1.54, 1.807) is 7.11 Å². The van der Waals surface area contributed by atoms with Crippen LogP contribution >= 0.6 is 0 Å². The van der Waals surface area contributed by atoms with Crippen LogP contribution in [0, 0.1) is 5.41 Å². The van der Waals surface area contributed by atoms with Crippen LogP contribution in [-0.2, 0) is 4.74 Å². The van der Waals surface area contributed by atoms with Gasteiger partial charge in [0.05, 0.1) is 6.10 Å². The summed E-state index contributed by atoms with van der Waals surface area (Å²) >= 11 is 0. The van der Waals surface area contributed by atoms with Crippen LogP contribution in [0.4, 0.5) is 0 Å². The Hall–Kier alpha value is -0.120. The molecule has 0 spiro atoms. The Morgan fingerprint density at radius 3 is 2.45 bits per heavy atom. The van der Waals surface area contributed by atoms with Crippen molar-refractivity contribution in [3.05, 3.63) is 0 Å². The van der Waals surface area contributed by atoms with Gasteiger partial charge in [-0.2, -0.15) is 0 Å². The molecule has 0 aromatic carbocycles. The molecule has 0 saturated carbocycles. The molecule has 11 heavy (non-hydrogen) atoms. The molecule has 3 heteroatoms. The minimum Gasteiger partial charge on any atom is -0.396 e. The molecule has 0 aliphatic rings. The molecule has 0 heterocycles. The summed E-state index contributed by atoms with van der Waals surface area (Å²) in [4.78, 5) is 0. The Morgan fingerprint density at radius 1 is 1.64 bits per heavy atom. The predicted molar refractivity (Wildman–Crippen MR) is 45.3 cm³/mol. The second kappa shape index (κ2) is 4.70. The number of hydrogen-bond acceptors (Lipinski definition) is 3. The Bertz CT molecular complexity index is 102. The SMILES string of the molecule is COC(C)CC(C)(CN)CO. The molecular formula is C8H19NO2. The van der Waals surface area contributed by atoms with Crippen LogP contribution in [0.1, 0.15) is 20.3 Å². The number of rotatable bonds is 5. The van der Waals surface area contributed by atoms with Crippen molar-refractivity contribution >= 4 is 0 Å².